The van der Waals surface area contributed by atoms with Crippen LogP contribution in [0.3, 0.4) is 0 Å². The number of aliphatic hydroxyl groups is 1. The van der Waals surface area contributed by atoms with Gasteiger partial charge >= 0.3 is 23.9 Å². The van der Waals surface area contributed by atoms with Gasteiger partial charge in [-0.3, -0.25) is 9.59 Å². The summed E-state index contributed by atoms with van der Waals surface area (Å²) in [4.78, 5) is 49.2. The third-order valence-corrected chi connectivity index (χ3v) is 6.81. The molecule has 8 atom stereocenters. The highest BCUT2D eigenvalue weighted by molar-refractivity contribution is 5.92. The first-order valence-corrected chi connectivity index (χ1v) is 10.8. The molecule has 180 valence electrons. The normalized spacial score (nSPS) is 37.8. The molecule has 1 heterocycles. The van der Waals surface area contributed by atoms with Gasteiger partial charge in [-0.25, -0.2) is 9.59 Å². The monoisotopic (exact) mass is 462 g/mol. The summed E-state index contributed by atoms with van der Waals surface area (Å²) in [6.45, 7) is 12.7. The first-order chi connectivity index (χ1) is 15.3. The Kier molecular flexibility index (Phi) is 6.57. The van der Waals surface area contributed by atoms with E-state index in [2.05, 4.69) is 6.58 Å². The van der Waals surface area contributed by atoms with Crippen molar-refractivity contribution < 1.29 is 43.2 Å². The number of carbonyl (C=O) groups excluding carboxylic acids is 4. The van der Waals surface area contributed by atoms with Crippen LogP contribution in [0.2, 0.25) is 0 Å². The lowest BCUT2D eigenvalue weighted by atomic mass is 9.74. The van der Waals surface area contributed by atoms with Crippen molar-refractivity contribution in [2.45, 2.75) is 71.6 Å². The van der Waals surface area contributed by atoms with Crippen LogP contribution in [0.1, 0.15) is 41.5 Å². The van der Waals surface area contributed by atoms with Crippen molar-refractivity contribution in [3.8, 4) is 0 Å². The molecule has 2 fully saturated rings. The summed E-state index contributed by atoms with van der Waals surface area (Å²) >= 11 is 0. The van der Waals surface area contributed by atoms with Gasteiger partial charge in [-0.15, -0.1) is 0 Å². The van der Waals surface area contributed by atoms with E-state index >= 15 is 0 Å². The second-order valence-corrected chi connectivity index (χ2v) is 9.05. The third kappa shape index (κ3) is 4.21. The van der Waals surface area contributed by atoms with Gasteiger partial charge in [-0.05, 0) is 33.8 Å². The molecular formula is C24H30O9. The Balaban J connectivity index is 2.21. The minimum absolute atomic E-state index is 0.0493. The lowest BCUT2D eigenvalue weighted by Crippen LogP contribution is -2.58. The molecule has 1 aliphatic heterocycles. The summed E-state index contributed by atoms with van der Waals surface area (Å²) < 4.78 is 22.4. The van der Waals surface area contributed by atoms with Crippen molar-refractivity contribution in [2.24, 2.45) is 17.8 Å². The zero-order valence-electron chi connectivity index (χ0n) is 19.6. The van der Waals surface area contributed by atoms with E-state index in [4.69, 9.17) is 18.9 Å². The highest BCUT2D eigenvalue weighted by Gasteiger charge is 2.66. The van der Waals surface area contributed by atoms with Crippen LogP contribution in [-0.2, 0) is 38.1 Å². The van der Waals surface area contributed by atoms with Gasteiger partial charge in [0.1, 0.15) is 17.8 Å². The quantitative estimate of drug-likeness (QED) is 0.288. The van der Waals surface area contributed by atoms with Crippen LogP contribution in [0.15, 0.2) is 35.5 Å². The molecule has 0 amide bonds. The Morgan fingerprint density at radius 1 is 1.12 bits per heavy atom. The van der Waals surface area contributed by atoms with Gasteiger partial charge in [0.25, 0.3) is 0 Å². The van der Waals surface area contributed by atoms with Gasteiger partial charge in [0.15, 0.2) is 12.2 Å². The number of allylic oxidation sites excluding steroid dienone is 1. The molecule has 6 unspecified atom stereocenters. The second-order valence-electron chi connectivity index (χ2n) is 9.05. The number of hydrogen-bond donors (Lipinski definition) is 1. The van der Waals surface area contributed by atoms with E-state index < -0.39 is 71.6 Å². The molecule has 0 aromatic rings. The lowest BCUT2D eigenvalue weighted by molar-refractivity contribution is -0.202. The topological polar surface area (TPSA) is 125 Å². The highest BCUT2D eigenvalue weighted by Crippen LogP contribution is 2.54. The van der Waals surface area contributed by atoms with Crippen LogP contribution in [0.4, 0.5) is 0 Å². The molecule has 1 N–H and O–H groups in total. The maximum Gasteiger partial charge on any atom is 0.334 e. The Labute approximate surface area is 192 Å². The molecule has 0 bridgehead atoms. The Hall–Kier alpha value is -2.94. The summed E-state index contributed by atoms with van der Waals surface area (Å²) in [6.07, 6.45) is -1.17. The molecule has 33 heavy (non-hydrogen) atoms. The Morgan fingerprint density at radius 3 is 2.27 bits per heavy atom. The average molecular weight is 462 g/mol. The minimum atomic E-state index is -1.84. The number of rotatable bonds is 4. The number of carbonyl (C=O) groups is 4. The molecule has 1 saturated carbocycles. The van der Waals surface area contributed by atoms with E-state index in [-0.39, 0.29) is 5.57 Å². The van der Waals surface area contributed by atoms with Crippen LogP contribution in [0, 0.1) is 17.8 Å². The van der Waals surface area contributed by atoms with Crippen LogP contribution < -0.4 is 0 Å². The summed E-state index contributed by atoms with van der Waals surface area (Å²) in [5.74, 6) is -4.98. The maximum absolute atomic E-state index is 12.7. The molecular weight excluding hydrogens is 432 g/mol. The van der Waals surface area contributed by atoms with Crippen molar-refractivity contribution in [3.05, 3.63) is 35.5 Å². The van der Waals surface area contributed by atoms with Crippen molar-refractivity contribution in [2.75, 3.05) is 0 Å². The van der Waals surface area contributed by atoms with Crippen molar-refractivity contribution in [3.63, 3.8) is 0 Å². The predicted molar refractivity (Wildman–Crippen MR) is 114 cm³/mol. The first kappa shape index (κ1) is 24.7. The van der Waals surface area contributed by atoms with Gasteiger partial charge in [0.2, 0.25) is 0 Å². The van der Waals surface area contributed by atoms with E-state index in [0.717, 1.165) is 5.57 Å². The van der Waals surface area contributed by atoms with Crippen LogP contribution >= 0.6 is 0 Å². The molecule has 3 rings (SSSR count). The van der Waals surface area contributed by atoms with E-state index in [1.807, 2.05) is 0 Å². The van der Waals surface area contributed by atoms with Gasteiger partial charge in [0.05, 0.1) is 5.92 Å². The number of fused-ring (bicyclic) bond motifs is 3. The summed E-state index contributed by atoms with van der Waals surface area (Å²) in [5.41, 5.74) is -0.770. The minimum Gasteiger partial charge on any atom is -0.458 e. The van der Waals surface area contributed by atoms with Crippen molar-refractivity contribution in [1.29, 1.82) is 0 Å². The van der Waals surface area contributed by atoms with E-state index in [1.54, 1.807) is 32.9 Å². The lowest BCUT2D eigenvalue weighted by Gasteiger charge is -2.42. The average Bonchev–Trinajstić information content (AvgIpc) is 3.16. The highest BCUT2D eigenvalue weighted by atomic mass is 16.6. The summed E-state index contributed by atoms with van der Waals surface area (Å²) in [5, 5.41) is 11.8. The molecule has 3 aliphatic rings. The van der Waals surface area contributed by atoms with Crippen LogP contribution in [0.5, 0.6) is 0 Å². The van der Waals surface area contributed by atoms with Gasteiger partial charge < -0.3 is 24.1 Å². The van der Waals surface area contributed by atoms with Gasteiger partial charge in [-0.2, -0.15) is 0 Å². The van der Waals surface area contributed by atoms with Gasteiger partial charge in [-0.1, -0.05) is 18.2 Å². The fourth-order valence-corrected chi connectivity index (χ4v) is 5.25. The molecule has 0 aromatic heterocycles. The van der Waals surface area contributed by atoms with Crippen LogP contribution in [-0.4, -0.2) is 59.0 Å². The molecule has 9 nitrogen and oxygen atoms in total. The Morgan fingerprint density at radius 2 is 1.73 bits per heavy atom. The first-order valence-electron chi connectivity index (χ1n) is 10.8. The maximum atomic E-state index is 12.7. The van der Waals surface area contributed by atoms with Gasteiger partial charge in [0, 0.05) is 36.8 Å². The Bertz CT molecular complexity index is 957. The fraction of sp³-hybridized carbons (Fsp3) is 0.583. The van der Waals surface area contributed by atoms with E-state index in [0.29, 0.717) is 5.57 Å². The van der Waals surface area contributed by atoms with Crippen molar-refractivity contribution >= 4 is 23.9 Å². The molecule has 2 aliphatic carbocycles. The number of hydrogen-bond acceptors (Lipinski definition) is 9. The molecule has 1 saturated heterocycles. The SMILES string of the molecule is C=C1C(=O)O[C@H]2C1C(OC(=O)/C(C)=C/C)C(OC(C)=O)[C@@](C)(O)C1C(OC(C)=O)C=C(C)C12. The smallest absolute Gasteiger partial charge is 0.334 e. The van der Waals surface area contributed by atoms with Crippen molar-refractivity contribution in [1.82, 2.24) is 0 Å². The van der Waals surface area contributed by atoms with E-state index in [9.17, 15) is 24.3 Å². The molecule has 0 radical (unpaired) electrons. The second kappa shape index (κ2) is 8.78. The number of ether oxygens (including phenoxy) is 4. The zero-order valence-corrected chi connectivity index (χ0v) is 19.6. The molecule has 9 heteroatoms. The number of esters is 4. The fourth-order valence-electron chi connectivity index (χ4n) is 5.25. The van der Waals surface area contributed by atoms with Crippen LogP contribution in [0.25, 0.3) is 0 Å². The predicted octanol–water partition coefficient (Wildman–Crippen LogP) is 1.78. The summed E-state index contributed by atoms with van der Waals surface area (Å²) in [7, 11) is 0. The van der Waals surface area contributed by atoms with E-state index in [1.165, 1.54) is 20.8 Å². The largest absolute Gasteiger partial charge is 0.458 e. The molecule has 0 spiro atoms. The molecule has 0 aromatic carbocycles. The standard InChI is InChI=1S/C24H30O9/c1-8-10(2)22(27)33-20-17-12(4)23(28)32-19(17)16-11(3)9-15(30-13(5)25)18(16)24(7,29)21(20)31-14(6)26/h8-9,15-21,29H,4H2,1-3,5-7H3/b10-8+/t15?,16?,17?,18?,19-,20?,21?,24+/m1/s1. The zero-order chi connectivity index (χ0) is 24.8. The summed E-state index contributed by atoms with van der Waals surface area (Å²) in [6, 6.07) is 0. The third-order valence-electron chi connectivity index (χ3n) is 6.81.